The lowest BCUT2D eigenvalue weighted by Gasteiger charge is -2.25. The Balaban J connectivity index is 1.56. The van der Waals surface area contributed by atoms with Crippen molar-refractivity contribution in [2.45, 2.75) is 27.3 Å². The number of morpholine rings is 1. The van der Waals surface area contributed by atoms with Crippen LogP contribution in [0.15, 0.2) is 33.5 Å². The maximum atomic E-state index is 11.8. The van der Waals surface area contributed by atoms with Crippen molar-refractivity contribution >= 4 is 32.5 Å². The molecule has 1 saturated heterocycles. The largest absolute Gasteiger partial charge is 0.438 e. The molecule has 0 radical (unpaired) electrons. The second kappa shape index (κ2) is 8.03. The van der Waals surface area contributed by atoms with Crippen LogP contribution in [0.25, 0.3) is 21.2 Å². The van der Waals surface area contributed by atoms with E-state index in [1.807, 2.05) is 19.1 Å². The highest BCUT2D eigenvalue weighted by Crippen LogP contribution is 2.37. The summed E-state index contributed by atoms with van der Waals surface area (Å²) in [4.78, 5) is 25.8. The molecule has 4 aromatic rings. The Morgan fingerprint density at radius 2 is 1.94 bits per heavy atom. The zero-order valence-corrected chi connectivity index (χ0v) is 18.5. The summed E-state index contributed by atoms with van der Waals surface area (Å²) < 4.78 is 17.1. The van der Waals surface area contributed by atoms with Crippen LogP contribution in [0.4, 0.5) is 0 Å². The molecule has 1 aliphatic rings. The maximum Gasteiger partial charge on any atom is 0.336 e. The minimum absolute atomic E-state index is 0.372. The molecule has 5 rings (SSSR count). The molecule has 0 unspecified atom stereocenters. The number of aryl methyl sites for hydroxylation is 3. The van der Waals surface area contributed by atoms with Crippen LogP contribution in [0.3, 0.4) is 0 Å². The molecule has 0 spiro atoms. The predicted octanol–water partition coefficient (Wildman–Crippen LogP) is 4.35. The van der Waals surface area contributed by atoms with Crippen molar-refractivity contribution in [1.29, 1.82) is 0 Å². The van der Waals surface area contributed by atoms with Crippen molar-refractivity contribution in [1.82, 2.24) is 14.9 Å². The highest BCUT2D eigenvalue weighted by molar-refractivity contribution is 7.18. The van der Waals surface area contributed by atoms with Crippen LogP contribution in [-0.2, 0) is 11.3 Å². The topological polar surface area (TPSA) is 77.7 Å². The zero-order chi connectivity index (χ0) is 21.5. The summed E-state index contributed by atoms with van der Waals surface area (Å²) in [5.74, 6) is 1.83. The van der Waals surface area contributed by atoms with Gasteiger partial charge < -0.3 is 13.9 Å². The number of benzene rings is 1. The number of hydrogen-bond acceptors (Lipinski definition) is 8. The zero-order valence-electron chi connectivity index (χ0n) is 17.7. The monoisotopic (exact) mass is 437 g/mol. The molecule has 1 aromatic carbocycles. The molecular weight excluding hydrogens is 414 g/mol. The van der Waals surface area contributed by atoms with Gasteiger partial charge in [-0.2, -0.15) is 4.98 Å². The molecule has 31 heavy (non-hydrogen) atoms. The minimum atomic E-state index is -0.372. The first-order chi connectivity index (χ1) is 15.0. The minimum Gasteiger partial charge on any atom is -0.438 e. The van der Waals surface area contributed by atoms with E-state index in [1.165, 1.54) is 10.9 Å². The molecule has 0 bridgehead atoms. The average Bonchev–Trinajstić information content (AvgIpc) is 3.02. The van der Waals surface area contributed by atoms with E-state index in [0.29, 0.717) is 23.8 Å². The van der Waals surface area contributed by atoms with Crippen LogP contribution >= 0.6 is 11.3 Å². The summed E-state index contributed by atoms with van der Waals surface area (Å²) in [7, 11) is 0. The Morgan fingerprint density at radius 1 is 1.13 bits per heavy atom. The summed E-state index contributed by atoms with van der Waals surface area (Å²) in [6.07, 6.45) is 0. The molecule has 1 fully saturated rings. The highest BCUT2D eigenvalue weighted by Gasteiger charge is 2.19. The van der Waals surface area contributed by atoms with E-state index in [9.17, 15) is 4.79 Å². The lowest BCUT2D eigenvalue weighted by molar-refractivity contribution is 0.0330. The Labute approximate surface area is 183 Å². The first-order valence-corrected chi connectivity index (χ1v) is 11.1. The highest BCUT2D eigenvalue weighted by atomic mass is 32.1. The van der Waals surface area contributed by atoms with Gasteiger partial charge in [0.1, 0.15) is 22.0 Å². The van der Waals surface area contributed by atoms with Crippen molar-refractivity contribution in [3.63, 3.8) is 0 Å². The molecule has 0 amide bonds. The van der Waals surface area contributed by atoms with Gasteiger partial charge in [-0.1, -0.05) is 0 Å². The maximum absolute atomic E-state index is 11.8. The third-order valence-electron chi connectivity index (χ3n) is 5.65. The smallest absolute Gasteiger partial charge is 0.336 e. The van der Waals surface area contributed by atoms with E-state index in [1.54, 1.807) is 17.4 Å². The molecule has 3 aromatic heterocycles. The number of aromatic nitrogens is 2. The Morgan fingerprint density at radius 3 is 2.74 bits per heavy atom. The number of fused-ring (bicyclic) bond motifs is 2. The van der Waals surface area contributed by atoms with Crippen LogP contribution in [0.2, 0.25) is 0 Å². The average molecular weight is 438 g/mol. The number of hydrogen-bond donors (Lipinski definition) is 0. The van der Waals surface area contributed by atoms with Crippen LogP contribution in [0.5, 0.6) is 11.6 Å². The Kier molecular flexibility index (Phi) is 5.21. The van der Waals surface area contributed by atoms with E-state index in [2.05, 4.69) is 18.7 Å². The number of rotatable bonds is 4. The third kappa shape index (κ3) is 3.94. The second-order valence-corrected chi connectivity index (χ2v) is 9.01. The lowest BCUT2D eigenvalue weighted by atomic mass is 10.1. The van der Waals surface area contributed by atoms with Gasteiger partial charge in [0, 0.05) is 35.5 Å². The van der Waals surface area contributed by atoms with Gasteiger partial charge in [-0.25, -0.2) is 9.78 Å². The Hall–Kier alpha value is -2.81. The molecule has 0 atom stereocenters. The third-order valence-corrected chi connectivity index (χ3v) is 6.75. The molecule has 160 valence electrons. The number of ether oxygens (including phenoxy) is 2. The first kappa shape index (κ1) is 20.1. The quantitative estimate of drug-likeness (QED) is 0.439. The molecule has 8 heteroatoms. The van der Waals surface area contributed by atoms with E-state index >= 15 is 0 Å². The number of thiophene rings is 1. The second-order valence-electron chi connectivity index (χ2n) is 7.81. The van der Waals surface area contributed by atoms with Crippen LogP contribution in [0, 0.1) is 20.8 Å². The van der Waals surface area contributed by atoms with Gasteiger partial charge in [0.05, 0.1) is 25.1 Å². The van der Waals surface area contributed by atoms with Gasteiger partial charge in [0.15, 0.2) is 0 Å². The fourth-order valence-electron chi connectivity index (χ4n) is 3.84. The molecule has 0 saturated carbocycles. The predicted molar refractivity (Wildman–Crippen MR) is 120 cm³/mol. The van der Waals surface area contributed by atoms with Crippen molar-refractivity contribution < 1.29 is 13.9 Å². The molecule has 4 heterocycles. The summed E-state index contributed by atoms with van der Waals surface area (Å²) in [6.45, 7) is 9.87. The fourth-order valence-corrected chi connectivity index (χ4v) is 4.88. The van der Waals surface area contributed by atoms with Crippen molar-refractivity contribution in [2.24, 2.45) is 0 Å². The van der Waals surface area contributed by atoms with Gasteiger partial charge in [-0.15, -0.1) is 11.3 Å². The van der Waals surface area contributed by atoms with Gasteiger partial charge >= 0.3 is 5.63 Å². The van der Waals surface area contributed by atoms with E-state index in [4.69, 9.17) is 23.9 Å². The van der Waals surface area contributed by atoms with Crippen molar-refractivity contribution in [3.05, 3.63) is 56.5 Å². The lowest BCUT2D eigenvalue weighted by Crippen LogP contribution is -2.36. The standard InChI is InChI=1S/C23H23N3O4S/c1-13-10-20(27)30-18-11-16(4-5-17(13)18)29-22-21-14(2)15(3)31-23(21)25-19(24-22)12-26-6-8-28-9-7-26/h4-5,10-11H,6-9,12H2,1-3H3. The van der Waals surface area contributed by atoms with Crippen molar-refractivity contribution in [3.8, 4) is 11.6 Å². The summed E-state index contributed by atoms with van der Waals surface area (Å²) in [5, 5.41) is 1.81. The summed E-state index contributed by atoms with van der Waals surface area (Å²) in [5.41, 5.74) is 2.12. The molecular formula is C23H23N3O4S. The number of nitrogens with zero attached hydrogens (tertiary/aromatic N) is 3. The van der Waals surface area contributed by atoms with E-state index in [0.717, 1.165) is 58.9 Å². The first-order valence-electron chi connectivity index (χ1n) is 10.3. The van der Waals surface area contributed by atoms with Gasteiger partial charge in [-0.3, -0.25) is 4.90 Å². The van der Waals surface area contributed by atoms with Gasteiger partial charge in [0.25, 0.3) is 0 Å². The van der Waals surface area contributed by atoms with Crippen LogP contribution in [-0.4, -0.2) is 41.2 Å². The molecule has 1 aliphatic heterocycles. The van der Waals surface area contributed by atoms with E-state index < -0.39 is 0 Å². The van der Waals surface area contributed by atoms with Crippen LogP contribution in [0.1, 0.15) is 21.8 Å². The van der Waals surface area contributed by atoms with Gasteiger partial charge in [0.2, 0.25) is 5.88 Å². The molecule has 0 aliphatic carbocycles. The van der Waals surface area contributed by atoms with Gasteiger partial charge in [-0.05, 0) is 44.0 Å². The van der Waals surface area contributed by atoms with E-state index in [-0.39, 0.29) is 5.63 Å². The van der Waals surface area contributed by atoms with Crippen LogP contribution < -0.4 is 10.4 Å². The fraction of sp³-hybridized carbons (Fsp3) is 0.348. The molecule has 7 nitrogen and oxygen atoms in total. The van der Waals surface area contributed by atoms with Crippen molar-refractivity contribution in [2.75, 3.05) is 26.3 Å². The Bertz CT molecular complexity index is 1340. The summed E-state index contributed by atoms with van der Waals surface area (Å²) >= 11 is 1.65. The molecule has 0 N–H and O–H groups in total. The normalized spacial score (nSPS) is 15.1. The summed E-state index contributed by atoms with van der Waals surface area (Å²) in [6, 6.07) is 7.02. The SMILES string of the molecule is Cc1sc2nc(CN3CCOCC3)nc(Oc3ccc4c(C)cc(=O)oc4c3)c2c1C.